The average Bonchev–Trinajstić information content (AvgIpc) is 2.22. The minimum atomic E-state index is -2.91. The van der Waals surface area contributed by atoms with E-state index in [0.29, 0.717) is 24.6 Å². The highest BCUT2D eigenvalue weighted by Gasteiger charge is 2.23. The Bertz CT molecular complexity index is 491. The van der Waals surface area contributed by atoms with E-state index >= 15 is 0 Å². The summed E-state index contributed by atoms with van der Waals surface area (Å²) in [5.41, 5.74) is 6.12. The van der Waals surface area contributed by atoms with Crippen molar-refractivity contribution in [3.05, 3.63) is 11.5 Å². The fourth-order valence-corrected chi connectivity index (χ4v) is 2.87. The lowest BCUT2D eigenvalue weighted by Crippen LogP contribution is -2.41. The molecule has 1 saturated heterocycles. The molecule has 0 bridgehead atoms. The second-order valence-electron chi connectivity index (χ2n) is 3.56. The van der Waals surface area contributed by atoms with E-state index in [1.54, 1.807) is 0 Å². The van der Waals surface area contributed by atoms with Crippen molar-refractivity contribution in [2.75, 3.05) is 35.2 Å². The third-order valence-electron chi connectivity index (χ3n) is 2.41. The van der Waals surface area contributed by atoms with Gasteiger partial charge in [0.15, 0.2) is 15.7 Å². The van der Waals surface area contributed by atoms with Crippen LogP contribution in [0, 0.1) is 0 Å². The van der Waals surface area contributed by atoms with Gasteiger partial charge in [0.05, 0.1) is 23.4 Å². The van der Waals surface area contributed by atoms with Crippen molar-refractivity contribution >= 4 is 32.9 Å². The molecule has 1 aliphatic rings. The monoisotopic (exact) mass is 262 g/mol. The molecule has 0 aromatic carbocycles. The smallest absolute Gasteiger partial charge is 0.224 e. The van der Waals surface area contributed by atoms with Crippen LogP contribution >= 0.6 is 11.6 Å². The van der Waals surface area contributed by atoms with Gasteiger partial charge in [0, 0.05) is 13.1 Å². The molecule has 0 aliphatic carbocycles. The summed E-state index contributed by atoms with van der Waals surface area (Å²) in [7, 11) is -2.91. The van der Waals surface area contributed by atoms with E-state index in [2.05, 4.69) is 9.97 Å². The summed E-state index contributed by atoms with van der Waals surface area (Å²) in [6.45, 7) is 0.778. The van der Waals surface area contributed by atoms with Gasteiger partial charge in [-0.3, -0.25) is 0 Å². The highest BCUT2D eigenvalue weighted by molar-refractivity contribution is 7.91. The number of nitrogen functional groups attached to an aromatic ring is 1. The van der Waals surface area contributed by atoms with Crippen LogP contribution in [0.1, 0.15) is 0 Å². The number of nitrogens with two attached hydrogens (primary N) is 1. The predicted octanol–water partition coefficient (Wildman–Crippen LogP) is -0.0530. The summed E-state index contributed by atoms with van der Waals surface area (Å²) in [6, 6.07) is 0. The molecule has 0 atom stereocenters. The highest BCUT2D eigenvalue weighted by Crippen LogP contribution is 2.22. The van der Waals surface area contributed by atoms with E-state index in [0.717, 1.165) is 0 Å². The lowest BCUT2D eigenvalue weighted by Gasteiger charge is -2.28. The van der Waals surface area contributed by atoms with Crippen LogP contribution in [0.4, 0.5) is 11.5 Å². The predicted molar refractivity (Wildman–Crippen MR) is 62.3 cm³/mol. The van der Waals surface area contributed by atoms with E-state index in [-0.39, 0.29) is 16.8 Å². The Kier molecular flexibility index (Phi) is 2.90. The number of hydrogen-bond donors (Lipinski definition) is 1. The molecule has 16 heavy (non-hydrogen) atoms. The minimum Gasteiger partial charge on any atom is -0.394 e. The normalized spacial score (nSPS) is 19.7. The minimum absolute atomic E-state index is 0.109. The SMILES string of the molecule is Nc1cnc(Cl)nc1N1CCS(=O)(=O)CC1. The summed E-state index contributed by atoms with van der Waals surface area (Å²) in [5.74, 6) is 0.747. The Hall–Kier alpha value is -1.08. The van der Waals surface area contributed by atoms with E-state index in [1.807, 2.05) is 4.90 Å². The van der Waals surface area contributed by atoms with Crippen molar-refractivity contribution in [2.24, 2.45) is 0 Å². The van der Waals surface area contributed by atoms with E-state index in [4.69, 9.17) is 17.3 Å². The molecule has 8 heteroatoms. The second kappa shape index (κ2) is 4.06. The standard InChI is InChI=1S/C8H11ClN4O2S/c9-8-11-5-6(10)7(12-8)13-1-3-16(14,15)4-2-13/h5H,1-4,10H2. The lowest BCUT2D eigenvalue weighted by molar-refractivity contribution is 0.586. The molecule has 0 unspecified atom stereocenters. The molecule has 2 rings (SSSR count). The Balaban J connectivity index is 2.23. The maximum Gasteiger partial charge on any atom is 0.224 e. The first-order valence-corrected chi connectivity index (χ1v) is 6.91. The van der Waals surface area contributed by atoms with Gasteiger partial charge in [-0.1, -0.05) is 0 Å². The quantitative estimate of drug-likeness (QED) is 0.714. The van der Waals surface area contributed by atoms with E-state index in [9.17, 15) is 8.42 Å². The van der Waals surface area contributed by atoms with Gasteiger partial charge in [-0.2, -0.15) is 4.98 Å². The van der Waals surface area contributed by atoms with Gasteiger partial charge < -0.3 is 10.6 Å². The van der Waals surface area contributed by atoms with Gasteiger partial charge in [0.25, 0.3) is 0 Å². The van der Waals surface area contributed by atoms with Crippen molar-refractivity contribution < 1.29 is 8.42 Å². The van der Waals surface area contributed by atoms with Crippen LogP contribution < -0.4 is 10.6 Å². The molecule has 1 aromatic rings. The van der Waals surface area contributed by atoms with Gasteiger partial charge in [0.2, 0.25) is 5.28 Å². The zero-order valence-corrected chi connectivity index (χ0v) is 10.00. The molecule has 1 fully saturated rings. The van der Waals surface area contributed by atoms with Gasteiger partial charge in [-0.05, 0) is 11.6 Å². The summed E-state index contributed by atoms with van der Waals surface area (Å²) in [4.78, 5) is 9.56. The second-order valence-corrected chi connectivity index (χ2v) is 6.20. The molecular weight excluding hydrogens is 252 g/mol. The zero-order chi connectivity index (χ0) is 11.8. The van der Waals surface area contributed by atoms with Crippen LogP contribution in [0.25, 0.3) is 0 Å². The first-order valence-electron chi connectivity index (χ1n) is 4.71. The largest absolute Gasteiger partial charge is 0.394 e. The molecule has 88 valence electrons. The Labute approximate surface area is 98.4 Å². The van der Waals surface area contributed by atoms with Gasteiger partial charge >= 0.3 is 0 Å². The van der Waals surface area contributed by atoms with Crippen LogP contribution in [0.2, 0.25) is 5.28 Å². The van der Waals surface area contributed by atoms with Crippen molar-refractivity contribution in [1.82, 2.24) is 9.97 Å². The van der Waals surface area contributed by atoms with E-state index < -0.39 is 9.84 Å². The van der Waals surface area contributed by atoms with E-state index in [1.165, 1.54) is 6.20 Å². The summed E-state index contributed by atoms with van der Waals surface area (Å²) < 4.78 is 22.5. The molecule has 1 aromatic heterocycles. The fourth-order valence-electron chi connectivity index (χ4n) is 1.54. The third-order valence-corrected chi connectivity index (χ3v) is 4.20. The van der Waals surface area contributed by atoms with Crippen molar-refractivity contribution in [3.63, 3.8) is 0 Å². The highest BCUT2D eigenvalue weighted by atomic mass is 35.5. The molecule has 6 nitrogen and oxygen atoms in total. The number of aromatic nitrogens is 2. The van der Waals surface area contributed by atoms with Crippen molar-refractivity contribution in [2.45, 2.75) is 0 Å². The molecule has 0 saturated carbocycles. The first-order chi connectivity index (χ1) is 7.48. The zero-order valence-electron chi connectivity index (χ0n) is 8.43. The fraction of sp³-hybridized carbons (Fsp3) is 0.500. The first kappa shape index (κ1) is 11.4. The Morgan fingerprint density at radius 1 is 1.38 bits per heavy atom. The molecule has 0 radical (unpaired) electrons. The number of sulfone groups is 1. The topological polar surface area (TPSA) is 89.2 Å². The lowest BCUT2D eigenvalue weighted by atomic mass is 10.4. The van der Waals surface area contributed by atoms with Gasteiger partial charge in [-0.15, -0.1) is 0 Å². The maximum absolute atomic E-state index is 11.3. The number of halogens is 1. The third kappa shape index (κ3) is 2.35. The Morgan fingerprint density at radius 2 is 2.00 bits per heavy atom. The molecule has 1 aliphatic heterocycles. The van der Waals surface area contributed by atoms with Crippen LogP contribution in [0.3, 0.4) is 0 Å². The maximum atomic E-state index is 11.3. The Morgan fingerprint density at radius 3 is 2.62 bits per heavy atom. The number of anilines is 2. The van der Waals surface area contributed by atoms with Crippen molar-refractivity contribution in [1.29, 1.82) is 0 Å². The van der Waals surface area contributed by atoms with Crippen LogP contribution in [-0.4, -0.2) is 43.0 Å². The number of nitrogens with zero attached hydrogens (tertiary/aromatic N) is 3. The summed E-state index contributed by atoms with van der Waals surface area (Å²) >= 11 is 5.67. The summed E-state index contributed by atoms with van der Waals surface area (Å²) in [5, 5.41) is 0.109. The summed E-state index contributed by atoms with van der Waals surface area (Å²) in [6.07, 6.45) is 1.42. The van der Waals surface area contributed by atoms with Crippen LogP contribution in [0.15, 0.2) is 6.20 Å². The number of hydrogen-bond acceptors (Lipinski definition) is 6. The average molecular weight is 263 g/mol. The van der Waals surface area contributed by atoms with Gasteiger partial charge in [-0.25, -0.2) is 13.4 Å². The van der Waals surface area contributed by atoms with Gasteiger partial charge in [0.1, 0.15) is 0 Å². The molecule has 0 spiro atoms. The molecule has 0 amide bonds. The number of rotatable bonds is 1. The van der Waals surface area contributed by atoms with Crippen LogP contribution in [-0.2, 0) is 9.84 Å². The molecule has 2 heterocycles. The molecular formula is C8H11ClN4O2S. The van der Waals surface area contributed by atoms with Crippen molar-refractivity contribution in [3.8, 4) is 0 Å². The molecule has 2 N–H and O–H groups in total. The van der Waals surface area contributed by atoms with Crippen LogP contribution in [0.5, 0.6) is 0 Å².